The number of nitrogens with one attached hydrogen (secondary N) is 1. The van der Waals surface area contributed by atoms with Crippen LogP contribution in [-0.4, -0.2) is 48.8 Å². The second-order valence-electron chi connectivity index (χ2n) is 8.96. The van der Waals surface area contributed by atoms with E-state index in [0.29, 0.717) is 26.2 Å². The Kier molecular flexibility index (Phi) is 6.90. The Hall–Kier alpha value is -3.19. The summed E-state index contributed by atoms with van der Waals surface area (Å²) in [5.41, 5.74) is 1.57. The SMILES string of the molecule is O=C(CN1C[C@H](OCc2ccccc2)[C@]2(CCCO2)C1)Nc1ccc(Oc2ccccc2)cc1. The Morgan fingerprint density at radius 3 is 2.38 bits per heavy atom. The smallest absolute Gasteiger partial charge is 0.238 e. The molecule has 0 unspecified atom stereocenters. The largest absolute Gasteiger partial charge is 0.457 e. The molecular formula is C28H30N2O4. The van der Waals surface area contributed by atoms with Gasteiger partial charge in [-0.3, -0.25) is 9.69 Å². The topological polar surface area (TPSA) is 60.0 Å². The molecule has 1 N–H and O–H groups in total. The molecule has 2 aliphatic heterocycles. The fraction of sp³-hybridized carbons (Fsp3) is 0.321. The molecule has 34 heavy (non-hydrogen) atoms. The molecule has 0 radical (unpaired) electrons. The van der Waals surface area contributed by atoms with E-state index in [2.05, 4.69) is 22.3 Å². The van der Waals surface area contributed by atoms with Crippen LogP contribution in [0, 0.1) is 0 Å². The maximum Gasteiger partial charge on any atom is 0.238 e. The lowest BCUT2D eigenvalue weighted by Gasteiger charge is -2.29. The lowest BCUT2D eigenvalue weighted by atomic mass is 9.96. The molecule has 6 nitrogen and oxygen atoms in total. The summed E-state index contributed by atoms with van der Waals surface area (Å²) < 4.78 is 18.3. The summed E-state index contributed by atoms with van der Waals surface area (Å²) in [6.07, 6.45) is 1.95. The van der Waals surface area contributed by atoms with Gasteiger partial charge in [0.05, 0.1) is 13.2 Å². The van der Waals surface area contributed by atoms with Crippen LogP contribution in [0.25, 0.3) is 0 Å². The highest BCUT2D eigenvalue weighted by atomic mass is 16.6. The van der Waals surface area contributed by atoms with Crippen molar-refractivity contribution in [2.45, 2.75) is 31.2 Å². The van der Waals surface area contributed by atoms with Gasteiger partial charge < -0.3 is 19.5 Å². The summed E-state index contributed by atoms with van der Waals surface area (Å²) in [5, 5.41) is 2.99. The minimum absolute atomic E-state index is 0.0441. The Bertz CT molecular complexity index is 1070. The summed E-state index contributed by atoms with van der Waals surface area (Å²) in [6, 6.07) is 27.2. The van der Waals surface area contributed by atoms with E-state index < -0.39 is 0 Å². The van der Waals surface area contributed by atoms with Crippen LogP contribution >= 0.6 is 0 Å². The summed E-state index contributed by atoms with van der Waals surface area (Å²) >= 11 is 0. The second-order valence-corrected chi connectivity index (χ2v) is 8.96. The monoisotopic (exact) mass is 458 g/mol. The van der Waals surface area contributed by atoms with Crippen molar-refractivity contribution in [3.63, 3.8) is 0 Å². The zero-order valence-electron chi connectivity index (χ0n) is 19.2. The Labute approximate surface area is 200 Å². The van der Waals surface area contributed by atoms with Gasteiger partial charge in [-0.05, 0) is 54.8 Å². The molecule has 0 aromatic heterocycles. The van der Waals surface area contributed by atoms with Gasteiger partial charge in [0.25, 0.3) is 0 Å². The molecular weight excluding hydrogens is 428 g/mol. The third-order valence-electron chi connectivity index (χ3n) is 6.41. The molecule has 1 amide bonds. The first-order valence-electron chi connectivity index (χ1n) is 11.8. The van der Waals surface area contributed by atoms with Crippen LogP contribution in [0.2, 0.25) is 0 Å². The van der Waals surface area contributed by atoms with Gasteiger partial charge in [-0.1, -0.05) is 48.5 Å². The standard InChI is InChI=1S/C28H30N2O4/c31-27(29-23-12-14-25(15-13-23)34-24-10-5-2-6-11-24)19-30-18-26(28(21-30)16-7-17-33-28)32-20-22-8-3-1-4-9-22/h1-6,8-15,26H,7,16-21H2,(H,29,31)/t26-,28-/m0/s1. The molecule has 2 fully saturated rings. The molecule has 176 valence electrons. The van der Waals surface area contributed by atoms with E-state index in [0.717, 1.165) is 42.2 Å². The zero-order chi connectivity index (χ0) is 23.2. The van der Waals surface area contributed by atoms with E-state index in [1.54, 1.807) is 0 Å². The number of nitrogens with zero attached hydrogens (tertiary/aromatic N) is 1. The van der Waals surface area contributed by atoms with Gasteiger partial charge in [0, 0.05) is 25.4 Å². The second kappa shape index (κ2) is 10.4. The van der Waals surface area contributed by atoms with Crippen LogP contribution in [0.1, 0.15) is 18.4 Å². The molecule has 0 saturated carbocycles. The van der Waals surface area contributed by atoms with E-state index in [-0.39, 0.29) is 17.6 Å². The molecule has 2 heterocycles. The first-order valence-corrected chi connectivity index (χ1v) is 11.8. The van der Waals surface area contributed by atoms with E-state index >= 15 is 0 Å². The minimum Gasteiger partial charge on any atom is -0.457 e. The highest BCUT2D eigenvalue weighted by molar-refractivity contribution is 5.92. The van der Waals surface area contributed by atoms with Crippen molar-refractivity contribution in [3.05, 3.63) is 90.5 Å². The van der Waals surface area contributed by atoms with Crippen molar-refractivity contribution >= 4 is 11.6 Å². The van der Waals surface area contributed by atoms with Crippen molar-refractivity contribution in [1.82, 2.24) is 4.90 Å². The van der Waals surface area contributed by atoms with Crippen LogP contribution in [0.3, 0.4) is 0 Å². The first-order chi connectivity index (χ1) is 16.7. The number of likely N-dealkylation sites (tertiary alicyclic amines) is 1. The number of hydrogen-bond acceptors (Lipinski definition) is 5. The van der Waals surface area contributed by atoms with E-state index in [9.17, 15) is 4.79 Å². The third kappa shape index (κ3) is 5.47. The molecule has 1 spiro atoms. The van der Waals surface area contributed by atoms with Gasteiger partial charge in [-0.2, -0.15) is 0 Å². The van der Waals surface area contributed by atoms with Gasteiger partial charge >= 0.3 is 0 Å². The lowest BCUT2D eigenvalue weighted by Crippen LogP contribution is -2.42. The van der Waals surface area contributed by atoms with Crippen LogP contribution < -0.4 is 10.1 Å². The number of rotatable bonds is 8. The van der Waals surface area contributed by atoms with Crippen LogP contribution in [0.4, 0.5) is 5.69 Å². The molecule has 3 aromatic carbocycles. The predicted octanol–water partition coefficient (Wildman–Crippen LogP) is 4.87. The van der Waals surface area contributed by atoms with Crippen LogP contribution in [-0.2, 0) is 20.9 Å². The Balaban J connectivity index is 1.15. The van der Waals surface area contributed by atoms with Gasteiger partial charge in [-0.15, -0.1) is 0 Å². The van der Waals surface area contributed by atoms with Crippen molar-refractivity contribution in [1.29, 1.82) is 0 Å². The third-order valence-corrected chi connectivity index (χ3v) is 6.41. The van der Waals surface area contributed by atoms with Crippen molar-refractivity contribution in [2.24, 2.45) is 0 Å². The average molecular weight is 459 g/mol. The van der Waals surface area contributed by atoms with Crippen LogP contribution in [0.15, 0.2) is 84.9 Å². The lowest BCUT2D eigenvalue weighted by molar-refractivity contribution is -0.117. The Morgan fingerprint density at radius 2 is 1.68 bits per heavy atom. The fourth-order valence-electron chi connectivity index (χ4n) is 4.77. The maximum absolute atomic E-state index is 12.8. The molecule has 0 aliphatic carbocycles. The van der Waals surface area contributed by atoms with Crippen molar-refractivity contribution in [2.75, 3.05) is 31.6 Å². The van der Waals surface area contributed by atoms with Crippen molar-refractivity contribution in [3.8, 4) is 11.5 Å². The minimum atomic E-state index is -0.314. The summed E-state index contributed by atoms with van der Waals surface area (Å²) in [4.78, 5) is 14.9. The number of para-hydroxylation sites is 1. The number of carbonyl (C=O) groups is 1. The molecule has 2 saturated heterocycles. The molecule has 2 atom stereocenters. The van der Waals surface area contributed by atoms with Crippen LogP contribution in [0.5, 0.6) is 11.5 Å². The number of hydrogen-bond donors (Lipinski definition) is 1. The average Bonchev–Trinajstić information content (AvgIpc) is 3.47. The summed E-state index contributed by atoms with van der Waals surface area (Å²) in [7, 11) is 0. The summed E-state index contributed by atoms with van der Waals surface area (Å²) in [5.74, 6) is 1.46. The Morgan fingerprint density at radius 1 is 0.971 bits per heavy atom. The number of anilines is 1. The fourth-order valence-corrected chi connectivity index (χ4v) is 4.77. The van der Waals surface area contributed by atoms with Gasteiger partial charge in [0.2, 0.25) is 5.91 Å². The number of amides is 1. The van der Waals surface area contributed by atoms with E-state index in [1.165, 1.54) is 0 Å². The van der Waals surface area contributed by atoms with Gasteiger partial charge in [-0.25, -0.2) is 0 Å². The molecule has 5 rings (SSSR count). The van der Waals surface area contributed by atoms with Gasteiger partial charge in [0.15, 0.2) is 0 Å². The first kappa shape index (κ1) is 22.6. The molecule has 0 bridgehead atoms. The summed E-state index contributed by atoms with van der Waals surface area (Å²) in [6.45, 7) is 3.00. The quantitative estimate of drug-likeness (QED) is 0.522. The number of carbonyl (C=O) groups excluding carboxylic acids is 1. The number of benzene rings is 3. The van der Waals surface area contributed by atoms with E-state index in [4.69, 9.17) is 14.2 Å². The molecule has 6 heteroatoms. The maximum atomic E-state index is 12.8. The highest BCUT2D eigenvalue weighted by Crippen LogP contribution is 2.37. The number of ether oxygens (including phenoxy) is 3. The molecule has 3 aromatic rings. The van der Waals surface area contributed by atoms with Gasteiger partial charge in [0.1, 0.15) is 23.2 Å². The van der Waals surface area contributed by atoms with Crippen molar-refractivity contribution < 1.29 is 19.0 Å². The zero-order valence-corrected chi connectivity index (χ0v) is 19.2. The molecule has 2 aliphatic rings. The normalized spacial score (nSPS) is 22.2. The van der Waals surface area contributed by atoms with E-state index in [1.807, 2.05) is 72.8 Å². The predicted molar refractivity (Wildman–Crippen MR) is 131 cm³/mol. The highest BCUT2D eigenvalue weighted by Gasteiger charge is 2.50.